The predicted octanol–water partition coefficient (Wildman–Crippen LogP) is 4.32. The van der Waals surface area contributed by atoms with Crippen LogP contribution in [-0.4, -0.2) is 26.8 Å². The van der Waals surface area contributed by atoms with Gasteiger partial charge in [-0.2, -0.15) is 0 Å². The Morgan fingerprint density at radius 3 is 2.52 bits per heavy atom. The van der Waals surface area contributed by atoms with Gasteiger partial charge in [0.05, 0.1) is 14.2 Å². The van der Waals surface area contributed by atoms with E-state index in [1.807, 2.05) is 6.07 Å². The molecule has 1 aromatic rings. The van der Waals surface area contributed by atoms with Gasteiger partial charge in [0, 0.05) is 6.04 Å². The van der Waals surface area contributed by atoms with Crippen LogP contribution >= 0.6 is 15.9 Å². The van der Waals surface area contributed by atoms with E-state index in [2.05, 4.69) is 27.3 Å². The Hall–Kier alpha value is -0.740. The Balaban J connectivity index is 1.70. The minimum Gasteiger partial charge on any atom is -0.495 e. The highest BCUT2D eigenvalue weighted by Crippen LogP contribution is 2.37. The van der Waals surface area contributed by atoms with Gasteiger partial charge in [0.2, 0.25) is 0 Å². The van der Waals surface area contributed by atoms with E-state index in [1.165, 1.54) is 50.6 Å². The molecule has 0 radical (unpaired) electrons. The van der Waals surface area contributed by atoms with Gasteiger partial charge >= 0.3 is 0 Å². The topological polar surface area (TPSA) is 30.5 Å². The van der Waals surface area contributed by atoms with Gasteiger partial charge in [0.25, 0.3) is 0 Å². The lowest BCUT2D eigenvalue weighted by Gasteiger charge is -2.13. The van der Waals surface area contributed by atoms with Gasteiger partial charge in [-0.1, -0.05) is 18.9 Å². The van der Waals surface area contributed by atoms with Crippen LogP contribution in [0.2, 0.25) is 0 Å². The molecule has 118 valence electrons. The molecule has 0 saturated heterocycles. The Kier molecular flexibility index (Phi) is 6.84. The van der Waals surface area contributed by atoms with Crippen LogP contribution in [0.25, 0.3) is 0 Å². The van der Waals surface area contributed by atoms with Crippen LogP contribution in [0.3, 0.4) is 0 Å². The molecule has 0 unspecified atom stereocenters. The molecule has 2 rings (SSSR count). The summed E-state index contributed by atoms with van der Waals surface area (Å²) in [6, 6.07) is 4.95. The molecule has 4 heteroatoms. The fourth-order valence-corrected chi connectivity index (χ4v) is 3.25. The number of unbranched alkanes of at least 4 members (excludes halogenated alkanes) is 3. The number of ether oxygens (including phenoxy) is 2. The summed E-state index contributed by atoms with van der Waals surface area (Å²) in [4.78, 5) is 0. The normalized spacial score (nSPS) is 14.2. The average Bonchev–Trinajstić information content (AvgIpc) is 3.30. The fourth-order valence-electron chi connectivity index (χ4n) is 2.54. The van der Waals surface area contributed by atoms with Gasteiger partial charge in [-0.15, -0.1) is 0 Å². The Morgan fingerprint density at radius 2 is 1.86 bits per heavy atom. The first-order chi connectivity index (χ1) is 10.3. The molecule has 0 aliphatic heterocycles. The zero-order valence-corrected chi connectivity index (χ0v) is 14.7. The standard InChI is InChI=1S/C17H26BrNO2/c1-20-15-11-8-13(17(21-2)16(15)18)7-5-3-4-6-12-19-14-9-10-14/h8,11,14,19H,3-7,9-10,12H2,1-2H3. The van der Waals surface area contributed by atoms with Crippen LogP contribution in [0.15, 0.2) is 16.6 Å². The van der Waals surface area contributed by atoms with Crippen molar-refractivity contribution in [3.63, 3.8) is 0 Å². The second kappa shape index (κ2) is 8.64. The molecule has 0 spiro atoms. The SMILES string of the molecule is COc1ccc(CCCCCCNC2CC2)c(OC)c1Br. The van der Waals surface area contributed by atoms with Gasteiger partial charge < -0.3 is 14.8 Å². The summed E-state index contributed by atoms with van der Waals surface area (Å²) in [5.74, 6) is 1.73. The second-order valence-corrected chi connectivity index (χ2v) is 6.46. The Bertz CT molecular complexity index is 447. The first-order valence-corrected chi connectivity index (χ1v) is 8.68. The lowest BCUT2D eigenvalue weighted by Crippen LogP contribution is -2.17. The third-order valence-corrected chi connectivity index (χ3v) is 4.70. The maximum absolute atomic E-state index is 5.51. The minimum absolute atomic E-state index is 0.821. The number of hydrogen-bond acceptors (Lipinski definition) is 3. The van der Waals surface area contributed by atoms with Crippen molar-refractivity contribution in [2.75, 3.05) is 20.8 Å². The average molecular weight is 356 g/mol. The van der Waals surface area contributed by atoms with Crippen LogP contribution < -0.4 is 14.8 Å². The van der Waals surface area contributed by atoms with E-state index in [-0.39, 0.29) is 0 Å². The molecule has 1 aliphatic rings. The van der Waals surface area contributed by atoms with E-state index >= 15 is 0 Å². The highest BCUT2D eigenvalue weighted by Gasteiger charge is 2.19. The molecule has 3 nitrogen and oxygen atoms in total. The van der Waals surface area contributed by atoms with Crippen LogP contribution in [-0.2, 0) is 6.42 Å². The molecule has 0 heterocycles. The molecule has 0 atom stereocenters. The third kappa shape index (κ3) is 5.19. The van der Waals surface area contributed by atoms with E-state index in [0.717, 1.165) is 28.4 Å². The van der Waals surface area contributed by atoms with E-state index in [4.69, 9.17) is 9.47 Å². The molecule has 1 N–H and O–H groups in total. The first kappa shape index (κ1) is 16.6. The van der Waals surface area contributed by atoms with Crippen molar-refractivity contribution in [2.24, 2.45) is 0 Å². The van der Waals surface area contributed by atoms with Crippen molar-refractivity contribution in [3.8, 4) is 11.5 Å². The van der Waals surface area contributed by atoms with Crippen LogP contribution in [0.5, 0.6) is 11.5 Å². The highest BCUT2D eigenvalue weighted by molar-refractivity contribution is 9.10. The number of halogens is 1. The van der Waals surface area contributed by atoms with E-state index in [9.17, 15) is 0 Å². The predicted molar refractivity (Wildman–Crippen MR) is 90.4 cm³/mol. The van der Waals surface area contributed by atoms with Crippen LogP contribution in [0.4, 0.5) is 0 Å². The lowest BCUT2D eigenvalue weighted by atomic mass is 10.0. The monoisotopic (exact) mass is 355 g/mol. The van der Waals surface area contributed by atoms with Gasteiger partial charge in [-0.05, 0) is 66.2 Å². The largest absolute Gasteiger partial charge is 0.495 e. The van der Waals surface area contributed by atoms with Crippen molar-refractivity contribution in [3.05, 3.63) is 22.2 Å². The lowest BCUT2D eigenvalue weighted by molar-refractivity contribution is 0.385. The molecular formula is C17H26BrNO2. The summed E-state index contributed by atoms with van der Waals surface area (Å²) in [5, 5.41) is 3.56. The maximum Gasteiger partial charge on any atom is 0.139 e. The van der Waals surface area contributed by atoms with Gasteiger partial charge in [-0.25, -0.2) is 0 Å². The van der Waals surface area contributed by atoms with Crippen LogP contribution in [0.1, 0.15) is 44.1 Å². The third-order valence-electron chi connectivity index (χ3n) is 3.95. The summed E-state index contributed by atoms with van der Waals surface area (Å²) in [5.41, 5.74) is 1.25. The van der Waals surface area contributed by atoms with Crippen molar-refractivity contribution < 1.29 is 9.47 Å². The fraction of sp³-hybridized carbons (Fsp3) is 0.647. The Morgan fingerprint density at radius 1 is 1.10 bits per heavy atom. The Labute approximate surface area is 136 Å². The van der Waals surface area contributed by atoms with Crippen molar-refractivity contribution >= 4 is 15.9 Å². The molecule has 0 bridgehead atoms. The van der Waals surface area contributed by atoms with Crippen molar-refractivity contribution in [2.45, 2.75) is 51.0 Å². The number of methoxy groups -OCH3 is 2. The minimum atomic E-state index is 0.821. The van der Waals surface area contributed by atoms with Crippen molar-refractivity contribution in [1.29, 1.82) is 0 Å². The van der Waals surface area contributed by atoms with Gasteiger partial charge in [0.15, 0.2) is 0 Å². The summed E-state index contributed by atoms with van der Waals surface area (Å²) in [7, 11) is 3.39. The molecule has 0 aromatic heterocycles. The van der Waals surface area contributed by atoms with E-state index in [1.54, 1.807) is 14.2 Å². The molecular weight excluding hydrogens is 330 g/mol. The quantitative estimate of drug-likeness (QED) is 0.634. The summed E-state index contributed by atoms with van der Waals surface area (Å²) in [6.45, 7) is 1.18. The summed E-state index contributed by atoms with van der Waals surface area (Å²) >= 11 is 3.56. The molecule has 1 saturated carbocycles. The van der Waals surface area contributed by atoms with Crippen LogP contribution in [0, 0.1) is 0 Å². The van der Waals surface area contributed by atoms with E-state index in [0.29, 0.717) is 0 Å². The number of rotatable bonds is 10. The molecule has 0 amide bonds. The molecule has 1 aromatic carbocycles. The zero-order valence-electron chi connectivity index (χ0n) is 13.1. The number of benzene rings is 1. The second-order valence-electron chi connectivity index (χ2n) is 5.67. The molecule has 1 fully saturated rings. The maximum atomic E-state index is 5.51. The molecule has 1 aliphatic carbocycles. The van der Waals surface area contributed by atoms with Crippen molar-refractivity contribution in [1.82, 2.24) is 5.32 Å². The van der Waals surface area contributed by atoms with E-state index < -0.39 is 0 Å². The first-order valence-electron chi connectivity index (χ1n) is 7.89. The smallest absolute Gasteiger partial charge is 0.139 e. The summed E-state index contributed by atoms with van der Waals surface area (Å²) < 4.78 is 11.7. The molecule has 21 heavy (non-hydrogen) atoms. The van der Waals surface area contributed by atoms with Gasteiger partial charge in [-0.3, -0.25) is 0 Å². The highest BCUT2D eigenvalue weighted by atomic mass is 79.9. The number of hydrogen-bond donors (Lipinski definition) is 1. The number of nitrogens with one attached hydrogen (secondary N) is 1. The number of aryl methyl sites for hydroxylation is 1. The zero-order chi connectivity index (χ0) is 15.1. The van der Waals surface area contributed by atoms with Gasteiger partial charge in [0.1, 0.15) is 16.0 Å². The summed E-state index contributed by atoms with van der Waals surface area (Å²) in [6.07, 6.45) is 8.90.